The Kier molecular flexibility index (Phi) is 5.05. The summed E-state index contributed by atoms with van der Waals surface area (Å²) in [5, 5.41) is 12.1. The number of benzene rings is 1. The zero-order valence-corrected chi connectivity index (χ0v) is 11.9. The molecule has 0 fully saturated rings. The summed E-state index contributed by atoms with van der Waals surface area (Å²) in [7, 11) is 0. The summed E-state index contributed by atoms with van der Waals surface area (Å²) >= 11 is 0. The van der Waals surface area contributed by atoms with Crippen molar-refractivity contribution in [3.8, 4) is 6.07 Å². The maximum Gasteiger partial charge on any atom is 0.238 e. The fraction of sp³-hybridized carbons (Fsp3) is 0.235. The molecule has 2 atom stereocenters. The Morgan fingerprint density at radius 1 is 1.24 bits per heavy atom. The van der Waals surface area contributed by atoms with Crippen molar-refractivity contribution < 1.29 is 4.79 Å². The van der Waals surface area contributed by atoms with Gasteiger partial charge in [-0.3, -0.25) is 9.78 Å². The van der Waals surface area contributed by atoms with Gasteiger partial charge in [-0.25, -0.2) is 0 Å². The topological polar surface area (TPSA) is 65.8 Å². The second kappa shape index (κ2) is 7.20. The quantitative estimate of drug-likeness (QED) is 0.915. The SMILES string of the molecule is CC(NC(=O)C(C#N)Cc1ccccc1)c1ccncc1. The Bertz CT molecular complexity index is 619. The van der Waals surface area contributed by atoms with E-state index >= 15 is 0 Å². The summed E-state index contributed by atoms with van der Waals surface area (Å²) in [6, 6.07) is 15.2. The van der Waals surface area contributed by atoms with Crippen LogP contribution in [0.25, 0.3) is 0 Å². The number of carbonyl (C=O) groups excluding carboxylic acids is 1. The van der Waals surface area contributed by atoms with Crippen molar-refractivity contribution >= 4 is 5.91 Å². The molecule has 0 spiro atoms. The fourth-order valence-corrected chi connectivity index (χ4v) is 2.10. The van der Waals surface area contributed by atoms with Gasteiger partial charge in [0.2, 0.25) is 5.91 Å². The highest BCUT2D eigenvalue weighted by atomic mass is 16.1. The first kappa shape index (κ1) is 14.7. The Hall–Kier alpha value is -2.67. The molecule has 106 valence electrons. The van der Waals surface area contributed by atoms with Crippen molar-refractivity contribution in [3.63, 3.8) is 0 Å². The lowest BCUT2D eigenvalue weighted by molar-refractivity contribution is -0.124. The van der Waals surface area contributed by atoms with Gasteiger partial charge in [0.15, 0.2) is 0 Å². The Labute approximate surface area is 124 Å². The van der Waals surface area contributed by atoms with E-state index in [0.717, 1.165) is 11.1 Å². The van der Waals surface area contributed by atoms with Gasteiger partial charge in [-0.05, 0) is 36.6 Å². The predicted molar refractivity (Wildman–Crippen MR) is 80.0 cm³/mol. The van der Waals surface area contributed by atoms with Crippen LogP contribution in [-0.2, 0) is 11.2 Å². The first-order valence-corrected chi connectivity index (χ1v) is 6.84. The van der Waals surface area contributed by atoms with Crippen LogP contribution in [0, 0.1) is 17.2 Å². The van der Waals surface area contributed by atoms with Crippen LogP contribution in [0.3, 0.4) is 0 Å². The average molecular weight is 279 g/mol. The Morgan fingerprint density at radius 2 is 1.90 bits per heavy atom. The van der Waals surface area contributed by atoms with Crippen LogP contribution in [0.15, 0.2) is 54.9 Å². The number of aromatic nitrogens is 1. The normalized spacial score (nSPS) is 13.0. The van der Waals surface area contributed by atoms with E-state index in [1.807, 2.05) is 49.4 Å². The minimum atomic E-state index is -0.684. The molecule has 0 aliphatic heterocycles. The van der Waals surface area contributed by atoms with Crippen LogP contribution in [0.2, 0.25) is 0 Å². The first-order chi connectivity index (χ1) is 10.2. The summed E-state index contributed by atoms with van der Waals surface area (Å²) in [5.41, 5.74) is 1.95. The molecule has 0 radical (unpaired) electrons. The van der Waals surface area contributed by atoms with Crippen LogP contribution in [0.4, 0.5) is 0 Å². The van der Waals surface area contributed by atoms with E-state index in [9.17, 15) is 10.1 Å². The van der Waals surface area contributed by atoms with E-state index in [1.54, 1.807) is 12.4 Å². The zero-order chi connectivity index (χ0) is 15.1. The van der Waals surface area contributed by atoms with E-state index in [-0.39, 0.29) is 11.9 Å². The molecular formula is C17H17N3O. The van der Waals surface area contributed by atoms with E-state index in [4.69, 9.17) is 0 Å². The number of nitriles is 1. The number of rotatable bonds is 5. The molecule has 2 unspecified atom stereocenters. The van der Waals surface area contributed by atoms with Crippen molar-refractivity contribution in [3.05, 3.63) is 66.0 Å². The minimum Gasteiger partial charge on any atom is -0.348 e. The predicted octanol–water partition coefficient (Wildman–Crippen LogP) is 2.64. The van der Waals surface area contributed by atoms with Gasteiger partial charge in [0.25, 0.3) is 0 Å². The van der Waals surface area contributed by atoms with Gasteiger partial charge in [-0.2, -0.15) is 5.26 Å². The maximum atomic E-state index is 12.2. The molecule has 0 aliphatic rings. The molecule has 2 rings (SSSR count). The van der Waals surface area contributed by atoms with Crippen LogP contribution in [0.1, 0.15) is 24.1 Å². The molecule has 1 amide bonds. The maximum absolute atomic E-state index is 12.2. The molecule has 1 aromatic heterocycles. The third kappa shape index (κ3) is 4.15. The molecule has 1 heterocycles. The molecule has 0 saturated heterocycles. The first-order valence-electron chi connectivity index (χ1n) is 6.84. The van der Waals surface area contributed by atoms with E-state index < -0.39 is 5.92 Å². The molecule has 0 aliphatic carbocycles. The second-order valence-electron chi connectivity index (χ2n) is 4.88. The van der Waals surface area contributed by atoms with Gasteiger partial charge in [0.05, 0.1) is 12.1 Å². The number of hydrogen-bond donors (Lipinski definition) is 1. The van der Waals surface area contributed by atoms with Crippen molar-refractivity contribution in [2.75, 3.05) is 0 Å². The molecule has 1 N–H and O–H groups in total. The standard InChI is InChI=1S/C17H17N3O/c1-13(15-7-9-19-10-8-15)20-17(21)16(12-18)11-14-5-3-2-4-6-14/h2-10,13,16H,11H2,1H3,(H,20,21). The van der Waals surface area contributed by atoms with E-state index in [1.165, 1.54) is 0 Å². The lowest BCUT2D eigenvalue weighted by Crippen LogP contribution is -2.33. The molecule has 0 bridgehead atoms. The summed E-state index contributed by atoms with van der Waals surface area (Å²) in [6.45, 7) is 1.89. The molecule has 4 nitrogen and oxygen atoms in total. The number of carbonyl (C=O) groups is 1. The Morgan fingerprint density at radius 3 is 2.52 bits per heavy atom. The van der Waals surface area contributed by atoms with Gasteiger partial charge in [0, 0.05) is 12.4 Å². The molecule has 4 heteroatoms. The summed E-state index contributed by atoms with van der Waals surface area (Å²) < 4.78 is 0. The third-order valence-electron chi connectivity index (χ3n) is 3.32. The summed E-state index contributed by atoms with van der Waals surface area (Å²) in [5.74, 6) is -0.928. The Balaban J connectivity index is 1.99. The lowest BCUT2D eigenvalue weighted by Gasteiger charge is -2.16. The van der Waals surface area contributed by atoms with Gasteiger partial charge >= 0.3 is 0 Å². The average Bonchev–Trinajstić information content (AvgIpc) is 2.54. The molecule has 1 aromatic carbocycles. The van der Waals surface area contributed by atoms with Crippen molar-refractivity contribution in [2.45, 2.75) is 19.4 Å². The van der Waals surface area contributed by atoms with Gasteiger partial charge in [0.1, 0.15) is 5.92 Å². The number of nitrogens with one attached hydrogen (secondary N) is 1. The highest BCUT2D eigenvalue weighted by molar-refractivity contribution is 5.81. The van der Waals surface area contributed by atoms with Crippen molar-refractivity contribution in [1.29, 1.82) is 5.26 Å². The van der Waals surface area contributed by atoms with Crippen LogP contribution < -0.4 is 5.32 Å². The summed E-state index contributed by atoms with van der Waals surface area (Å²) in [6.07, 6.45) is 3.79. The number of amides is 1. The number of hydrogen-bond acceptors (Lipinski definition) is 3. The molecule has 21 heavy (non-hydrogen) atoms. The monoisotopic (exact) mass is 279 g/mol. The smallest absolute Gasteiger partial charge is 0.238 e. The van der Waals surface area contributed by atoms with Gasteiger partial charge < -0.3 is 5.32 Å². The van der Waals surface area contributed by atoms with E-state index in [2.05, 4.69) is 16.4 Å². The number of pyridine rings is 1. The lowest BCUT2D eigenvalue weighted by atomic mass is 9.99. The van der Waals surface area contributed by atoms with Crippen molar-refractivity contribution in [2.24, 2.45) is 5.92 Å². The fourth-order valence-electron chi connectivity index (χ4n) is 2.10. The minimum absolute atomic E-state index is 0.146. The van der Waals surface area contributed by atoms with Crippen LogP contribution >= 0.6 is 0 Å². The van der Waals surface area contributed by atoms with E-state index in [0.29, 0.717) is 6.42 Å². The zero-order valence-electron chi connectivity index (χ0n) is 11.9. The van der Waals surface area contributed by atoms with Crippen LogP contribution in [-0.4, -0.2) is 10.9 Å². The molecule has 2 aromatic rings. The molecular weight excluding hydrogens is 262 g/mol. The highest BCUT2D eigenvalue weighted by Gasteiger charge is 2.20. The van der Waals surface area contributed by atoms with Crippen LogP contribution in [0.5, 0.6) is 0 Å². The second-order valence-corrected chi connectivity index (χ2v) is 4.88. The summed E-state index contributed by atoms with van der Waals surface area (Å²) in [4.78, 5) is 16.2. The van der Waals surface area contributed by atoms with Gasteiger partial charge in [-0.1, -0.05) is 30.3 Å². The highest BCUT2D eigenvalue weighted by Crippen LogP contribution is 2.13. The molecule has 0 saturated carbocycles. The largest absolute Gasteiger partial charge is 0.348 e. The van der Waals surface area contributed by atoms with Crippen molar-refractivity contribution in [1.82, 2.24) is 10.3 Å². The number of nitrogens with zero attached hydrogens (tertiary/aromatic N) is 2. The third-order valence-corrected chi connectivity index (χ3v) is 3.32. The van der Waals surface area contributed by atoms with Gasteiger partial charge in [-0.15, -0.1) is 0 Å².